The molecular weight excluding hydrogens is 397 g/mol. The molecule has 2 heterocycles. The molecule has 0 spiro atoms. The topological polar surface area (TPSA) is 78.7 Å². The molecule has 0 aliphatic heterocycles. The standard InChI is InChI=1S/C17H17F3N4OS2/c1-16(2,3)12-8-11(17(18,19)20)10(9-21)14(23-12)26-6-4-13(25)24-15-22-5-7-27-15/h5,7-8H,4,6H2,1-3H3,(H,22,24,25). The third-order valence-corrected chi connectivity index (χ3v) is 5.08. The number of hydrogen-bond acceptors (Lipinski definition) is 6. The van der Waals surface area contributed by atoms with Crippen molar-refractivity contribution in [2.24, 2.45) is 0 Å². The van der Waals surface area contributed by atoms with Crippen molar-refractivity contribution in [3.63, 3.8) is 0 Å². The Labute approximate surface area is 163 Å². The molecule has 0 aliphatic rings. The van der Waals surface area contributed by atoms with Gasteiger partial charge in [0.15, 0.2) is 5.13 Å². The lowest BCUT2D eigenvalue weighted by atomic mass is 9.90. The summed E-state index contributed by atoms with van der Waals surface area (Å²) in [5, 5.41) is 14.0. The number of anilines is 1. The molecule has 5 nitrogen and oxygen atoms in total. The summed E-state index contributed by atoms with van der Waals surface area (Å²) < 4.78 is 40.2. The van der Waals surface area contributed by atoms with E-state index in [-0.39, 0.29) is 28.8 Å². The Hall–Kier alpha value is -2.12. The number of nitriles is 1. The zero-order valence-electron chi connectivity index (χ0n) is 14.8. The van der Waals surface area contributed by atoms with E-state index in [1.54, 1.807) is 38.4 Å². The van der Waals surface area contributed by atoms with E-state index >= 15 is 0 Å². The third-order valence-electron chi connectivity index (χ3n) is 3.42. The van der Waals surface area contributed by atoms with Gasteiger partial charge in [0.05, 0.1) is 11.1 Å². The number of rotatable bonds is 5. The van der Waals surface area contributed by atoms with Crippen LogP contribution in [-0.4, -0.2) is 21.6 Å². The minimum atomic E-state index is -4.66. The Morgan fingerprint density at radius 1 is 1.37 bits per heavy atom. The molecule has 27 heavy (non-hydrogen) atoms. The molecule has 0 atom stereocenters. The number of alkyl halides is 3. The first-order chi connectivity index (χ1) is 12.5. The van der Waals surface area contributed by atoms with Crippen LogP contribution in [0.3, 0.4) is 0 Å². The normalized spacial score (nSPS) is 11.9. The van der Waals surface area contributed by atoms with Crippen LogP contribution < -0.4 is 5.32 Å². The predicted molar refractivity (Wildman–Crippen MR) is 98.7 cm³/mol. The molecule has 0 saturated heterocycles. The van der Waals surface area contributed by atoms with Crippen LogP contribution in [0, 0.1) is 11.3 Å². The minimum absolute atomic E-state index is 0.0145. The predicted octanol–water partition coefficient (Wildman–Crippen LogP) is 4.85. The molecule has 0 radical (unpaired) electrons. The number of nitrogens with zero attached hydrogens (tertiary/aromatic N) is 3. The average Bonchev–Trinajstić information content (AvgIpc) is 3.05. The van der Waals surface area contributed by atoms with Gasteiger partial charge in [0.1, 0.15) is 11.1 Å². The number of amides is 1. The maximum atomic E-state index is 13.4. The molecule has 0 fully saturated rings. The van der Waals surface area contributed by atoms with Crippen molar-refractivity contribution in [2.75, 3.05) is 11.1 Å². The smallest absolute Gasteiger partial charge is 0.302 e. The van der Waals surface area contributed by atoms with Gasteiger partial charge in [-0.3, -0.25) is 4.79 Å². The highest BCUT2D eigenvalue weighted by Gasteiger charge is 2.37. The molecule has 0 aliphatic carbocycles. The molecule has 2 aromatic heterocycles. The van der Waals surface area contributed by atoms with E-state index in [9.17, 15) is 23.2 Å². The van der Waals surface area contributed by atoms with Crippen LogP contribution in [-0.2, 0) is 16.4 Å². The molecule has 2 rings (SSSR count). The number of aromatic nitrogens is 2. The van der Waals surface area contributed by atoms with Crippen molar-refractivity contribution in [1.82, 2.24) is 9.97 Å². The highest BCUT2D eigenvalue weighted by atomic mass is 32.2. The third kappa shape index (κ3) is 5.68. The number of thioether (sulfide) groups is 1. The first-order valence-corrected chi connectivity index (χ1v) is 9.74. The van der Waals surface area contributed by atoms with Gasteiger partial charge in [0.2, 0.25) is 5.91 Å². The highest BCUT2D eigenvalue weighted by Crippen LogP contribution is 2.38. The average molecular weight is 414 g/mol. The Morgan fingerprint density at radius 2 is 2.07 bits per heavy atom. The zero-order valence-corrected chi connectivity index (χ0v) is 16.5. The number of nitrogens with one attached hydrogen (secondary N) is 1. The molecular formula is C17H17F3N4OS2. The van der Waals surface area contributed by atoms with E-state index in [4.69, 9.17) is 0 Å². The molecule has 144 valence electrons. The van der Waals surface area contributed by atoms with Crippen LogP contribution in [0.4, 0.5) is 18.3 Å². The van der Waals surface area contributed by atoms with Crippen molar-refractivity contribution < 1.29 is 18.0 Å². The number of carbonyl (C=O) groups is 1. The Balaban J connectivity index is 2.21. The Kier molecular flexibility index (Phi) is 6.49. The van der Waals surface area contributed by atoms with Gasteiger partial charge in [-0.1, -0.05) is 20.8 Å². The maximum absolute atomic E-state index is 13.4. The first kappa shape index (κ1) is 21.2. The van der Waals surface area contributed by atoms with Gasteiger partial charge in [0.25, 0.3) is 0 Å². The van der Waals surface area contributed by atoms with Crippen molar-refractivity contribution in [2.45, 2.75) is 43.8 Å². The first-order valence-electron chi connectivity index (χ1n) is 7.87. The van der Waals surface area contributed by atoms with Crippen LogP contribution in [0.2, 0.25) is 0 Å². The van der Waals surface area contributed by atoms with Crippen LogP contribution in [0.25, 0.3) is 0 Å². The van der Waals surface area contributed by atoms with Gasteiger partial charge in [-0.15, -0.1) is 23.1 Å². The van der Waals surface area contributed by atoms with Crippen molar-refractivity contribution >= 4 is 34.1 Å². The number of thiazole rings is 1. The summed E-state index contributed by atoms with van der Waals surface area (Å²) in [5.41, 5.74) is -1.89. The molecule has 1 N–H and O–H groups in total. The summed E-state index contributed by atoms with van der Waals surface area (Å²) in [6.45, 7) is 5.24. The molecule has 0 bridgehead atoms. The summed E-state index contributed by atoms with van der Waals surface area (Å²) in [4.78, 5) is 20.1. The zero-order chi connectivity index (χ0) is 20.2. The quantitative estimate of drug-likeness (QED) is 0.708. The van der Waals surface area contributed by atoms with Crippen molar-refractivity contribution in [3.05, 3.63) is 34.5 Å². The summed E-state index contributed by atoms with van der Waals surface area (Å²) in [5.74, 6) is -0.122. The molecule has 1 amide bonds. The second kappa shape index (κ2) is 8.27. The Morgan fingerprint density at radius 3 is 2.59 bits per heavy atom. The summed E-state index contributed by atoms with van der Waals surface area (Å²) in [7, 11) is 0. The largest absolute Gasteiger partial charge is 0.417 e. The lowest BCUT2D eigenvalue weighted by molar-refractivity contribution is -0.138. The van der Waals surface area contributed by atoms with Crippen molar-refractivity contribution in [1.29, 1.82) is 5.26 Å². The van der Waals surface area contributed by atoms with E-state index in [0.29, 0.717) is 5.13 Å². The number of carbonyl (C=O) groups excluding carboxylic acids is 1. The summed E-state index contributed by atoms with van der Waals surface area (Å²) in [6.07, 6.45) is -3.06. The van der Waals surface area contributed by atoms with Gasteiger partial charge in [0, 0.05) is 34.9 Å². The molecule has 0 aromatic carbocycles. The fourth-order valence-electron chi connectivity index (χ4n) is 2.05. The van der Waals surface area contributed by atoms with E-state index in [1.165, 1.54) is 11.3 Å². The van der Waals surface area contributed by atoms with E-state index in [0.717, 1.165) is 17.8 Å². The van der Waals surface area contributed by atoms with Gasteiger partial charge >= 0.3 is 6.18 Å². The van der Waals surface area contributed by atoms with Crippen LogP contribution in [0.5, 0.6) is 0 Å². The SMILES string of the molecule is CC(C)(C)c1cc(C(F)(F)F)c(C#N)c(SCCC(=O)Nc2nccs2)n1. The van der Waals surface area contributed by atoms with Crippen LogP contribution in [0.15, 0.2) is 22.7 Å². The highest BCUT2D eigenvalue weighted by molar-refractivity contribution is 7.99. The molecule has 0 saturated carbocycles. The van der Waals surface area contributed by atoms with E-state index in [1.807, 2.05) is 0 Å². The van der Waals surface area contributed by atoms with Gasteiger partial charge in [-0.05, 0) is 6.07 Å². The second-order valence-corrected chi connectivity index (χ2v) is 8.56. The fourth-order valence-corrected chi connectivity index (χ4v) is 3.54. The van der Waals surface area contributed by atoms with Gasteiger partial charge in [-0.2, -0.15) is 18.4 Å². The van der Waals surface area contributed by atoms with Gasteiger partial charge in [-0.25, -0.2) is 9.97 Å². The minimum Gasteiger partial charge on any atom is -0.302 e. The lowest BCUT2D eigenvalue weighted by Crippen LogP contribution is -2.19. The Bertz CT molecular complexity index is 853. The monoisotopic (exact) mass is 414 g/mol. The lowest BCUT2D eigenvalue weighted by Gasteiger charge is -2.21. The molecule has 0 unspecified atom stereocenters. The molecule has 10 heteroatoms. The number of halogens is 3. The van der Waals surface area contributed by atoms with E-state index < -0.39 is 22.7 Å². The van der Waals surface area contributed by atoms with E-state index in [2.05, 4.69) is 15.3 Å². The van der Waals surface area contributed by atoms with Crippen molar-refractivity contribution in [3.8, 4) is 6.07 Å². The fraction of sp³-hybridized carbons (Fsp3) is 0.412. The number of hydrogen-bond donors (Lipinski definition) is 1. The number of pyridine rings is 1. The summed E-state index contributed by atoms with van der Waals surface area (Å²) >= 11 is 2.23. The maximum Gasteiger partial charge on any atom is 0.417 e. The second-order valence-electron chi connectivity index (χ2n) is 6.58. The summed E-state index contributed by atoms with van der Waals surface area (Å²) in [6, 6.07) is 2.54. The van der Waals surface area contributed by atoms with Crippen LogP contribution >= 0.6 is 23.1 Å². The molecule has 2 aromatic rings. The van der Waals surface area contributed by atoms with Gasteiger partial charge < -0.3 is 5.32 Å². The van der Waals surface area contributed by atoms with Crippen LogP contribution in [0.1, 0.15) is 44.0 Å².